The molecule has 2 aromatic heterocycles. The number of fused-ring (bicyclic) bond motifs is 2. The molecular weight excluding hydrogens is 376 g/mol. The van der Waals surface area contributed by atoms with Crippen LogP contribution in [0, 0.1) is 0 Å². The first-order chi connectivity index (χ1) is 12.8. The maximum atomic E-state index is 11.0. The fraction of sp³-hybridized carbons (Fsp3) is 0. The molecule has 0 amide bonds. The molecule has 0 radical (unpaired) electrons. The first-order valence-electron chi connectivity index (χ1n) is 7.39. The summed E-state index contributed by atoms with van der Waals surface area (Å²) in [6, 6.07) is 18.2. The molecule has 0 aliphatic carbocycles. The molecule has 0 saturated heterocycles. The Kier molecular flexibility index (Phi) is 6.61. The van der Waals surface area contributed by atoms with Crippen LogP contribution in [0.15, 0.2) is 91.6 Å². The Labute approximate surface area is 152 Å². The van der Waals surface area contributed by atoms with Crippen LogP contribution < -0.4 is 11.3 Å². The Morgan fingerprint density at radius 1 is 0.630 bits per heavy atom. The van der Waals surface area contributed by atoms with Crippen molar-refractivity contribution in [2.24, 2.45) is 0 Å². The Hall–Kier alpha value is -3.27. The van der Waals surface area contributed by atoms with Crippen molar-refractivity contribution in [3.63, 3.8) is 0 Å². The average Bonchev–Trinajstić information content (AvgIpc) is 2.62. The summed E-state index contributed by atoms with van der Waals surface area (Å²) in [5, 5.41) is 3.11. The SMILES string of the molecule is O=S(=O)(O)O.O=c1occc2ccccc12.O=c1occc2ccccc12. The summed E-state index contributed by atoms with van der Waals surface area (Å²) in [5.74, 6) is 0. The first kappa shape index (κ1) is 20.0. The van der Waals surface area contributed by atoms with E-state index in [1.807, 2.05) is 36.4 Å². The van der Waals surface area contributed by atoms with Gasteiger partial charge in [0.15, 0.2) is 0 Å². The number of benzene rings is 2. The van der Waals surface area contributed by atoms with E-state index in [2.05, 4.69) is 8.83 Å². The van der Waals surface area contributed by atoms with Crippen molar-refractivity contribution in [1.29, 1.82) is 0 Å². The van der Waals surface area contributed by atoms with E-state index in [0.717, 1.165) is 10.8 Å². The molecule has 0 bridgehead atoms. The van der Waals surface area contributed by atoms with Crippen LogP contribution in [-0.4, -0.2) is 17.5 Å². The quantitative estimate of drug-likeness (QED) is 0.438. The molecule has 0 aliphatic heterocycles. The monoisotopic (exact) mass is 390 g/mol. The van der Waals surface area contributed by atoms with Gasteiger partial charge in [-0.25, -0.2) is 9.59 Å². The summed E-state index contributed by atoms with van der Waals surface area (Å²) < 4.78 is 41.0. The Morgan fingerprint density at radius 2 is 0.963 bits per heavy atom. The van der Waals surface area contributed by atoms with E-state index >= 15 is 0 Å². The second kappa shape index (κ2) is 8.90. The molecule has 4 rings (SSSR count). The van der Waals surface area contributed by atoms with Crippen LogP contribution in [0.25, 0.3) is 21.5 Å². The minimum atomic E-state index is -4.67. The minimum Gasteiger partial charge on any atom is -0.431 e. The summed E-state index contributed by atoms with van der Waals surface area (Å²) in [6.45, 7) is 0. The van der Waals surface area contributed by atoms with Gasteiger partial charge in [-0.2, -0.15) is 8.42 Å². The van der Waals surface area contributed by atoms with E-state index in [0.29, 0.717) is 10.8 Å². The lowest BCUT2D eigenvalue weighted by molar-refractivity contribution is 0.381. The highest BCUT2D eigenvalue weighted by molar-refractivity contribution is 7.79. The highest BCUT2D eigenvalue weighted by Gasteiger charge is 1.95. The molecule has 4 aromatic rings. The summed E-state index contributed by atoms with van der Waals surface area (Å²) in [6.07, 6.45) is 2.81. The minimum absolute atomic E-state index is 0.275. The molecule has 0 atom stereocenters. The molecule has 0 spiro atoms. The number of rotatable bonds is 0. The fourth-order valence-corrected chi connectivity index (χ4v) is 2.12. The van der Waals surface area contributed by atoms with Crippen LogP contribution in [0.1, 0.15) is 0 Å². The molecule has 0 unspecified atom stereocenters. The van der Waals surface area contributed by atoms with Crippen LogP contribution in [0.5, 0.6) is 0 Å². The second-order valence-corrected chi connectivity index (χ2v) is 5.93. The zero-order chi connectivity index (χ0) is 19.9. The zero-order valence-electron chi connectivity index (χ0n) is 13.7. The molecule has 2 N–H and O–H groups in total. The van der Waals surface area contributed by atoms with Crippen LogP contribution in [0.4, 0.5) is 0 Å². The molecule has 9 heteroatoms. The van der Waals surface area contributed by atoms with Crippen molar-refractivity contribution in [3.8, 4) is 0 Å². The third kappa shape index (κ3) is 6.51. The van der Waals surface area contributed by atoms with Gasteiger partial charge >= 0.3 is 21.7 Å². The van der Waals surface area contributed by atoms with Crippen molar-refractivity contribution >= 4 is 31.9 Å². The van der Waals surface area contributed by atoms with Gasteiger partial charge in [-0.3, -0.25) is 9.11 Å². The summed E-state index contributed by atoms with van der Waals surface area (Å²) in [7, 11) is -4.67. The van der Waals surface area contributed by atoms with Gasteiger partial charge in [0.2, 0.25) is 0 Å². The Morgan fingerprint density at radius 3 is 1.30 bits per heavy atom. The van der Waals surface area contributed by atoms with E-state index in [1.54, 1.807) is 24.3 Å². The third-order valence-corrected chi connectivity index (χ3v) is 3.21. The first-order valence-corrected chi connectivity index (χ1v) is 8.78. The van der Waals surface area contributed by atoms with Gasteiger partial charge in [-0.15, -0.1) is 0 Å². The van der Waals surface area contributed by atoms with E-state index < -0.39 is 10.4 Å². The lowest BCUT2D eigenvalue weighted by atomic mass is 10.2. The Bertz CT molecular complexity index is 1150. The van der Waals surface area contributed by atoms with Gasteiger partial charge in [-0.1, -0.05) is 36.4 Å². The van der Waals surface area contributed by atoms with E-state index in [-0.39, 0.29) is 11.3 Å². The highest BCUT2D eigenvalue weighted by Crippen LogP contribution is 2.07. The van der Waals surface area contributed by atoms with Crippen molar-refractivity contribution < 1.29 is 26.4 Å². The lowest BCUT2D eigenvalue weighted by Crippen LogP contribution is -1.96. The van der Waals surface area contributed by atoms with Gasteiger partial charge in [0.05, 0.1) is 23.3 Å². The maximum absolute atomic E-state index is 11.0. The van der Waals surface area contributed by atoms with E-state index in [4.69, 9.17) is 17.5 Å². The molecule has 2 heterocycles. The largest absolute Gasteiger partial charge is 0.431 e. The topological polar surface area (TPSA) is 135 Å². The lowest BCUT2D eigenvalue weighted by Gasteiger charge is -1.91. The Balaban J connectivity index is 0.000000157. The normalized spacial score (nSPS) is 10.4. The van der Waals surface area contributed by atoms with Gasteiger partial charge in [0, 0.05) is 0 Å². The molecule has 140 valence electrons. The van der Waals surface area contributed by atoms with Gasteiger partial charge < -0.3 is 8.83 Å². The summed E-state index contributed by atoms with van der Waals surface area (Å²) in [5.41, 5.74) is -0.550. The van der Waals surface area contributed by atoms with Crippen molar-refractivity contribution in [3.05, 3.63) is 94.0 Å². The van der Waals surface area contributed by atoms with Gasteiger partial charge in [0.1, 0.15) is 0 Å². The predicted molar refractivity (Wildman–Crippen MR) is 99.1 cm³/mol. The molecule has 0 saturated carbocycles. The van der Waals surface area contributed by atoms with Gasteiger partial charge in [0.25, 0.3) is 0 Å². The van der Waals surface area contributed by atoms with E-state index in [1.165, 1.54) is 12.5 Å². The molecule has 27 heavy (non-hydrogen) atoms. The van der Waals surface area contributed by atoms with Crippen molar-refractivity contribution in [2.75, 3.05) is 0 Å². The zero-order valence-corrected chi connectivity index (χ0v) is 14.5. The van der Waals surface area contributed by atoms with E-state index in [9.17, 15) is 9.59 Å². The molecular formula is C18H14O8S. The highest BCUT2D eigenvalue weighted by atomic mass is 32.3. The maximum Gasteiger partial charge on any atom is 0.394 e. The molecule has 8 nitrogen and oxygen atoms in total. The second-order valence-electron chi connectivity index (χ2n) is 5.04. The average molecular weight is 390 g/mol. The summed E-state index contributed by atoms with van der Waals surface area (Å²) >= 11 is 0. The van der Waals surface area contributed by atoms with Crippen LogP contribution >= 0.6 is 0 Å². The predicted octanol–water partition coefficient (Wildman–Crippen LogP) is 2.93. The summed E-state index contributed by atoms with van der Waals surface area (Å²) in [4.78, 5) is 22.0. The van der Waals surface area contributed by atoms with Crippen LogP contribution in [-0.2, 0) is 10.4 Å². The smallest absolute Gasteiger partial charge is 0.394 e. The van der Waals surface area contributed by atoms with Crippen molar-refractivity contribution in [1.82, 2.24) is 0 Å². The number of hydrogen-bond donors (Lipinski definition) is 2. The molecule has 0 aliphatic rings. The van der Waals surface area contributed by atoms with Crippen molar-refractivity contribution in [2.45, 2.75) is 0 Å². The van der Waals surface area contributed by atoms with Crippen LogP contribution in [0.3, 0.4) is 0 Å². The van der Waals surface area contributed by atoms with Crippen LogP contribution in [0.2, 0.25) is 0 Å². The standard InChI is InChI=1S/2C9H6O2.H2O4S/c2*10-9-8-4-2-1-3-7(8)5-6-11-9;1-5(2,3)4/h2*1-6H;(H2,1,2,3,4). The molecule has 0 fully saturated rings. The fourth-order valence-electron chi connectivity index (χ4n) is 2.12. The van der Waals surface area contributed by atoms with Gasteiger partial charge in [-0.05, 0) is 35.0 Å². The molecule has 2 aromatic carbocycles. The third-order valence-electron chi connectivity index (χ3n) is 3.21. The number of hydrogen-bond acceptors (Lipinski definition) is 6.